The van der Waals surface area contributed by atoms with Crippen LogP contribution in [0.25, 0.3) is 10.9 Å². The smallest absolute Gasteiger partial charge is 0.222 e. The first-order valence-corrected chi connectivity index (χ1v) is 7.54. The fourth-order valence-corrected chi connectivity index (χ4v) is 2.57. The topological polar surface area (TPSA) is 65.2 Å². The van der Waals surface area contributed by atoms with Crippen molar-refractivity contribution in [2.45, 2.75) is 13.0 Å². The molecule has 3 aromatic rings. The van der Waals surface area contributed by atoms with Gasteiger partial charge in [-0.15, -0.1) is 0 Å². The van der Waals surface area contributed by atoms with Crippen molar-refractivity contribution in [3.63, 3.8) is 0 Å². The third kappa shape index (κ3) is 3.79. The van der Waals surface area contributed by atoms with Gasteiger partial charge in [0.15, 0.2) is 0 Å². The van der Waals surface area contributed by atoms with Crippen LogP contribution in [0.15, 0.2) is 54.6 Å². The Hall–Kier alpha value is -2.59. The van der Waals surface area contributed by atoms with Crippen LogP contribution in [0, 0.1) is 0 Å². The lowest BCUT2D eigenvalue weighted by atomic mass is 10.1. The van der Waals surface area contributed by atoms with E-state index in [2.05, 4.69) is 4.98 Å². The highest BCUT2D eigenvalue weighted by Crippen LogP contribution is 2.24. The van der Waals surface area contributed by atoms with E-state index in [0.717, 1.165) is 16.5 Å². The third-order valence-electron chi connectivity index (χ3n) is 3.39. The average Bonchev–Trinajstić information content (AvgIpc) is 2.52. The minimum absolute atomic E-state index is 0.0860. The number of rotatable bonds is 5. The number of nitrogens with zero attached hydrogens (tertiary/aromatic N) is 1. The minimum Gasteiger partial charge on any atom is -0.473 e. The van der Waals surface area contributed by atoms with Crippen molar-refractivity contribution in [1.82, 2.24) is 4.98 Å². The number of primary amides is 1. The molecule has 1 heterocycles. The van der Waals surface area contributed by atoms with Crippen molar-refractivity contribution >= 4 is 28.4 Å². The molecule has 0 aliphatic carbocycles. The van der Waals surface area contributed by atoms with Gasteiger partial charge in [-0.1, -0.05) is 41.9 Å². The van der Waals surface area contributed by atoms with Crippen LogP contribution in [0.2, 0.25) is 5.02 Å². The number of para-hydroxylation sites is 1. The second-order valence-corrected chi connectivity index (χ2v) is 5.64. The molecule has 0 fully saturated rings. The molecule has 116 valence electrons. The van der Waals surface area contributed by atoms with Crippen LogP contribution in [-0.4, -0.2) is 10.9 Å². The summed E-state index contributed by atoms with van der Waals surface area (Å²) in [4.78, 5) is 15.8. The molecule has 0 aliphatic rings. The standard InChI is InChI=1S/C18H15ClN2O2/c19-15-6-3-4-12(8-15)11-23-18-14(10-17(20)22)9-13-5-1-2-7-16(13)21-18/h1-9H,10-11H2,(H2,20,22). The molecule has 1 aromatic heterocycles. The number of benzene rings is 2. The summed E-state index contributed by atoms with van der Waals surface area (Å²) in [6.07, 6.45) is 0.0860. The van der Waals surface area contributed by atoms with Crippen LogP contribution >= 0.6 is 11.6 Å². The van der Waals surface area contributed by atoms with E-state index in [4.69, 9.17) is 22.1 Å². The van der Waals surface area contributed by atoms with E-state index >= 15 is 0 Å². The number of carbonyl (C=O) groups excluding carboxylic acids is 1. The molecule has 5 heteroatoms. The molecule has 0 saturated heterocycles. The number of fused-ring (bicyclic) bond motifs is 1. The quantitative estimate of drug-likeness (QED) is 0.780. The first kappa shape index (κ1) is 15.3. The Morgan fingerprint density at radius 3 is 2.74 bits per heavy atom. The molecule has 0 saturated carbocycles. The highest BCUT2D eigenvalue weighted by atomic mass is 35.5. The predicted molar refractivity (Wildman–Crippen MR) is 90.4 cm³/mol. The third-order valence-corrected chi connectivity index (χ3v) is 3.63. The van der Waals surface area contributed by atoms with Crippen molar-refractivity contribution in [2.75, 3.05) is 0 Å². The van der Waals surface area contributed by atoms with Crippen molar-refractivity contribution < 1.29 is 9.53 Å². The molecular formula is C18H15ClN2O2. The van der Waals surface area contributed by atoms with Crippen molar-refractivity contribution in [2.24, 2.45) is 5.73 Å². The highest BCUT2D eigenvalue weighted by molar-refractivity contribution is 6.30. The maximum Gasteiger partial charge on any atom is 0.222 e. The summed E-state index contributed by atoms with van der Waals surface area (Å²) in [5.74, 6) is -0.00263. The van der Waals surface area contributed by atoms with Crippen LogP contribution in [0.3, 0.4) is 0 Å². The number of nitrogens with two attached hydrogens (primary N) is 1. The van der Waals surface area contributed by atoms with Gasteiger partial charge in [-0.2, -0.15) is 0 Å². The monoisotopic (exact) mass is 326 g/mol. The largest absolute Gasteiger partial charge is 0.473 e. The van der Waals surface area contributed by atoms with E-state index < -0.39 is 5.91 Å². The molecule has 0 bridgehead atoms. The summed E-state index contributed by atoms with van der Waals surface area (Å²) < 4.78 is 5.81. The van der Waals surface area contributed by atoms with Gasteiger partial charge in [0.25, 0.3) is 0 Å². The Labute approximate surface area is 138 Å². The maximum atomic E-state index is 11.3. The van der Waals surface area contributed by atoms with E-state index in [-0.39, 0.29) is 6.42 Å². The van der Waals surface area contributed by atoms with Crippen molar-refractivity contribution in [1.29, 1.82) is 0 Å². The molecule has 23 heavy (non-hydrogen) atoms. The number of halogens is 1. The number of aromatic nitrogens is 1. The number of amides is 1. The summed E-state index contributed by atoms with van der Waals surface area (Å²) in [5, 5.41) is 1.59. The molecule has 0 atom stereocenters. The SMILES string of the molecule is NC(=O)Cc1cc2ccccc2nc1OCc1cccc(Cl)c1. The molecule has 2 aromatic carbocycles. The lowest BCUT2D eigenvalue weighted by Crippen LogP contribution is -2.15. The number of ether oxygens (including phenoxy) is 1. The number of hydrogen-bond donors (Lipinski definition) is 1. The Kier molecular flexibility index (Phi) is 4.44. The van der Waals surface area contributed by atoms with Gasteiger partial charge < -0.3 is 10.5 Å². The predicted octanol–water partition coefficient (Wildman–Crippen LogP) is 3.50. The Morgan fingerprint density at radius 2 is 1.96 bits per heavy atom. The van der Waals surface area contributed by atoms with Gasteiger partial charge in [0.2, 0.25) is 11.8 Å². The van der Waals surface area contributed by atoms with E-state index in [9.17, 15) is 4.79 Å². The van der Waals surface area contributed by atoms with Gasteiger partial charge in [0.1, 0.15) is 6.61 Å². The molecule has 2 N–H and O–H groups in total. The Balaban J connectivity index is 1.92. The first-order chi connectivity index (χ1) is 11.1. The second-order valence-electron chi connectivity index (χ2n) is 5.21. The fourth-order valence-electron chi connectivity index (χ4n) is 2.36. The minimum atomic E-state index is -0.422. The molecule has 0 aliphatic heterocycles. The number of carbonyl (C=O) groups is 1. The zero-order valence-electron chi connectivity index (χ0n) is 12.3. The van der Waals surface area contributed by atoms with Crippen LogP contribution in [0.4, 0.5) is 0 Å². The van der Waals surface area contributed by atoms with Gasteiger partial charge in [0, 0.05) is 16.0 Å². The van der Waals surface area contributed by atoms with Gasteiger partial charge in [-0.05, 0) is 29.8 Å². The molecule has 3 rings (SSSR count). The molecule has 0 spiro atoms. The van der Waals surface area contributed by atoms with Gasteiger partial charge in [-0.3, -0.25) is 4.79 Å². The van der Waals surface area contributed by atoms with E-state index in [1.807, 2.05) is 48.5 Å². The summed E-state index contributed by atoms with van der Waals surface area (Å²) in [5.41, 5.74) is 7.74. The first-order valence-electron chi connectivity index (χ1n) is 7.16. The molecule has 1 amide bonds. The van der Waals surface area contributed by atoms with Crippen LogP contribution in [-0.2, 0) is 17.8 Å². The van der Waals surface area contributed by atoms with E-state index in [1.165, 1.54) is 0 Å². The Bertz CT molecular complexity index is 865. The second kappa shape index (κ2) is 6.67. The Morgan fingerprint density at radius 1 is 1.13 bits per heavy atom. The van der Waals surface area contributed by atoms with Gasteiger partial charge in [-0.25, -0.2) is 4.98 Å². The highest BCUT2D eigenvalue weighted by Gasteiger charge is 2.11. The van der Waals surface area contributed by atoms with Crippen LogP contribution in [0.5, 0.6) is 5.88 Å². The number of hydrogen-bond acceptors (Lipinski definition) is 3. The summed E-state index contributed by atoms with van der Waals surface area (Å²) in [6, 6.07) is 17.0. The van der Waals surface area contributed by atoms with Crippen LogP contribution in [0.1, 0.15) is 11.1 Å². The molecule has 0 radical (unpaired) electrons. The number of pyridine rings is 1. The van der Waals surface area contributed by atoms with E-state index in [1.54, 1.807) is 6.07 Å². The zero-order valence-corrected chi connectivity index (χ0v) is 13.1. The fraction of sp³-hybridized carbons (Fsp3) is 0.111. The average molecular weight is 327 g/mol. The van der Waals surface area contributed by atoms with Gasteiger partial charge in [0.05, 0.1) is 11.9 Å². The summed E-state index contributed by atoms with van der Waals surface area (Å²) in [6.45, 7) is 0.317. The lowest BCUT2D eigenvalue weighted by molar-refractivity contribution is -0.117. The van der Waals surface area contributed by atoms with Gasteiger partial charge >= 0.3 is 0 Å². The normalized spacial score (nSPS) is 10.7. The molecular weight excluding hydrogens is 312 g/mol. The van der Waals surface area contributed by atoms with Crippen molar-refractivity contribution in [3.8, 4) is 5.88 Å². The zero-order chi connectivity index (χ0) is 16.2. The molecule has 0 unspecified atom stereocenters. The summed E-state index contributed by atoms with van der Waals surface area (Å²) in [7, 11) is 0. The lowest BCUT2D eigenvalue weighted by Gasteiger charge is -2.11. The van der Waals surface area contributed by atoms with Crippen LogP contribution < -0.4 is 10.5 Å². The van der Waals surface area contributed by atoms with Crippen molar-refractivity contribution in [3.05, 3.63) is 70.7 Å². The molecule has 4 nitrogen and oxygen atoms in total. The van der Waals surface area contributed by atoms with E-state index in [0.29, 0.717) is 23.1 Å². The maximum absolute atomic E-state index is 11.3. The summed E-state index contributed by atoms with van der Waals surface area (Å²) >= 11 is 5.97.